The second-order valence-corrected chi connectivity index (χ2v) is 9.22. The lowest BCUT2D eigenvalue weighted by Gasteiger charge is -2.30. The van der Waals surface area contributed by atoms with E-state index in [1.165, 1.54) is 12.1 Å². The Balaban J connectivity index is 1.79. The molecular formula is C27H26ClF2N3O2. The Morgan fingerprint density at radius 1 is 1.14 bits per heavy atom. The first-order chi connectivity index (χ1) is 16.6. The summed E-state index contributed by atoms with van der Waals surface area (Å²) in [4.78, 5) is 17.0. The maximum atomic E-state index is 13.2. The Bertz CT molecular complexity index is 1190. The first kappa shape index (κ1) is 26.1. The molecule has 1 amide bonds. The Kier molecular flexibility index (Phi) is 8.42. The molecule has 1 N–H and O–H groups in total. The summed E-state index contributed by atoms with van der Waals surface area (Å²) >= 11 is 6.03. The number of hydrogen-bond donors (Lipinski definition) is 1. The van der Waals surface area contributed by atoms with Crippen molar-refractivity contribution in [3.8, 4) is 11.9 Å². The van der Waals surface area contributed by atoms with Crippen molar-refractivity contribution in [2.75, 3.05) is 0 Å². The minimum Gasteiger partial charge on any atom is -0.462 e. The maximum absolute atomic E-state index is 13.2. The summed E-state index contributed by atoms with van der Waals surface area (Å²) in [6.07, 6.45) is -1.00. The van der Waals surface area contributed by atoms with Crippen molar-refractivity contribution in [2.45, 2.75) is 51.2 Å². The smallest absolute Gasteiger partial charge is 0.265 e. The van der Waals surface area contributed by atoms with E-state index in [2.05, 4.69) is 16.4 Å². The van der Waals surface area contributed by atoms with Crippen LogP contribution in [0.3, 0.4) is 0 Å². The van der Waals surface area contributed by atoms with E-state index in [4.69, 9.17) is 16.3 Å². The summed E-state index contributed by atoms with van der Waals surface area (Å²) in [5, 5.41) is 13.0. The average Bonchev–Trinajstić information content (AvgIpc) is 2.83. The van der Waals surface area contributed by atoms with Crippen LogP contribution in [0.2, 0.25) is 5.02 Å². The van der Waals surface area contributed by atoms with E-state index in [0.717, 1.165) is 17.3 Å². The van der Waals surface area contributed by atoms with Crippen LogP contribution in [0.15, 0.2) is 66.9 Å². The molecular weight excluding hydrogens is 472 g/mol. The first-order valence-electron chi connectivity index (χ1n) is 11.1. The number of nitrogens with zero attached hydrogens (tertiary/aromatic N) is 2. The molecule has 1 heterocycles. The van der Waals surface area contributed by atoms with Crippen LogP contribution in [0.1, 0.15) is 55.4 Å². The first-order valence-corrected chi connectivity index (χ1v) is 11.5. The number of pyridine rings is 1. The molecule has 0 fully saturated rings. The van der Waals surface area contributed by atoms with Crippen molar-refractivity contribution < 1.29 is 18.3 Å². The van der Waals surface area contributed by atoms with Crippen LogP contribution < -0.4 is 10.1 Å². The fraction of sp³-hybridized carbons (Fsp3) is 0.296. The van der Waals surface area contributed by atoms with Crippen molar-refractivity contribution in [3.63, 3.8) is 0 Å². The van der Waals surface area contributed by atoms with E-state index in [1.54, 1.807) is 19.9 Å². The van der Waals surface area contributed by atoms with Gasteiger partial charge in [0.05, 0.1) is 11.6 Å². The van der Waals surface area contributed by atoms with Gasteiger partial charge in [0.25, 0.3) is 12.3 Å². The lowest BCUT2D eigenvalue weighted by molar-refractivity contribution is -0.135. The molecule has 0 saturated carbocycles. The third kappa shape index (κ3) is 7.00. The van der Waals surface area contributed by atoms with E-state index in [9.17, 15) is 18.8 Å². The zero-order valence-corrected chi connectivity index (χ0v) is 20.4. The number of hydrogen-bond acceptors (Lipinski definition) is 4. The Morgan fingerprint density at radius 2 is 1.86 bits per heavy atom. The van der Waals surface area contributed by atoms with Crippen molar-refractivity contribution in [2.24, 2.45) is 0 Å². The van der Waals surface area contributed by atoms with E-state index in [0.29, 0.717) is 17.0 Å². The van der Waals surface area contributed by atoms with Gasteiger partial charge in [0.1, 0.15) is 0 Å². The number of nitrogens with one attached hydrogen (secondary N) is 1. The lowest BCUT2D eigenvalue weighted by atomic mass is 9.85. The SMILES string of the molecule is CC(NC(=O)C(C)(C)Oc1ccc(C(F)F)cn1)C(Cc1ccc(Cl)cc1)c1cccc(C#N)c1. The number of carbonyl (C=O) groups is 1. The molecule has 2 unspecified atom stereocenters. The van der Waals surface area contributed by atoms with Gasteiger partial charge in [-0.05, 0) is 68.7 Å². The van der Waals surface area contributed by atoms with E-state index in [1.807, 2.05) is 49.4 Å². The van der Waals surface area contributed by atoms with Gasteiger partial charge in [0.2, 0.25) is 5.88 Å². The maximum Gasteiger partial charge on any atom is 0.265 e. The summed E-state index contributed by atoms with van der Waals surface area (Å²) < 4.78 is 31.3. The quantitative estimate of drug-likeness (QED) is 0.380. The van der Waals surface area contributed by atoms with Gasteiger partial charge in [-0.15, -0.1) is 0 Å². The molecule has 0 aliphatic heterocycles. The van der Waals surface area contributed by atoms with Gasteiger partial charge in [0, 0.05) is 34.8 Å². The highest BCUT2D eigenvalue weighted by atomic mass is 35.5. The molecule has 1 aromatic heterocycles. The third-order valence-electron chi connectivity index (χ3n) is 5.69. The molecule has 3 aromatic rings. The second kappa shape index (κ2) is 11.3. The van der Waals surface area contributed by atoms with E-state index < -0.39 is 12.0 Å². The number of aromatic nitrogens is 1. The van der Waals surface area contributed by atoms with Crippen LogP contribution in [0.4, 0.5) is 8.78 Å². The summed E-state index contributed by atoms with van der Waals surface area (Å²) in [6, 6.07) is 19.1. The molecule has 3 rings (SSSR count). The number of amides is 1. The lowest BCUT2D eigenvalue weighted by Crippen LogP contribution is -2.51. The fourth-order valence-electron chi connectivity index (χ4n) is 3.67. The van der Waals surface area contributed by atoms with Crippen molar-refractivity contribution in [1.82, 2.24) is 10.3 Å². The number of carbonyl (C=O) groups excluding carboxylic acids is 1. The van der Waals surface area contributed by atoms with Crippen LogP contribution in [-0.4, -0.2) is 22.5 Å². The topological polar surface area (TPSA) is 75.0 Å². The highest BCUT2D eigenvalue weighted by Gasteiger charge is 2.33. The van der Waals surface area contributed by atoms with Crippen LogP contribution >= 0.6 is 11.6 Å². The van der Waals surface area contributed by atoms with Gasteiger partial charge < -0.3 is 10.1 Å². The van der Waals surface area contributed by atoms with E-state index >= 15 is 0 Å². The molecule has 0 aliphatic rings. The normalized spacial score (nSPS) is 13.1. The number of benzene rings is 2. The Morgan fingerprint density at radius 3 is 2.46 bits per heavy atom. The summed E-state index contributed by atoms with van der Waals surface area (Å²) in [5.74, 6) is -0.461. The van der Waals surface area contributed by atoms with E-state index in [-0.39, 0.29) is 29.3 Å². The van der Waals surface area contributed by atoms with Crippen LogP contribution in [-0.2, 0) is 11.2 Å². The molecule has 5 nitrogen and oxygen atoms in total. The van der Waals surface area contributed by atoms with Crippen LogP contribution in [0.25, 0.3) is 0 Å². The second-order valence-electron chi connectivity index (χ2n) is 8.78. The van der Waals surface area contributed by atoms with Gasteiger partial charge in [0.15, 0.2) is 5.60 Å². The monoisotopic (exact) mass is 497 g/mol. The number of alkyl halides is 2. The Labute approximate surface area is 208 Å². The minimum atomic E-state index is -2.63. The molecule has 0 radical (unpaired) electrons. The van der Waals surface area contributed by atoms with Gasteiger partial charge in [-0.25, -0.2) is 13.8 Å². The Hall–Kier alpha value is -3.50. The zero-order chi connectivity index (χ0) is 25.6. The number of ether oxygens (including phenoxy) is 1. The minimum absolute atomic E-state index is 0.0710. The summed E-state index contributed by atoms with van der Waals surface area (Å²) in [6.45, 7) is 5.06. The molecule has 8 heteroatoms. The molecule has 0 aliphatic carbocycles. The number of halogens is 3. The summed E-state index contributed by atoms with van der Waals surface area (Å²) in [7, 11) is 0. The standard InChI is InChI=1S/C27H26ClF2N3O2/c1-17(33-26(34)27(2,3)35-24-12-9-21(16-32-24)25(29)30)23(14-18-7-10-22(28)11-8-18)20-6-4-5-19(13-20)15-31/h4-13,16-17,23,25H,14H2,1-3H3,(H,33,34). The van der Waals surface area contributed by atoms with Gasteiger partial charge >= 0.3 is 0 Å². The van der Waals surface area contributed by atoms with Gasteiger partial charge in [-0.2, -0.15) is 5.26 Å². The predicted molar refractivity (Wildman–Crippen MR) is 131 cm³/mol. The highest BCUT2D eigenvalue weighted by Crippen LogP contribution is 2.27. The van der Waals surface area contributed by atoms with Gasteiger partial charge in [-0.1, -0.05) is 35.9 Å². The molecule has 182 valence electrons. The third-order valence-corrected chi connectivity index (χ3v) is 5.94. The highest BCUT2D eigenvalue weighted by molar-refractivity contribution is 6.30. The molecule has 0 spiro atoms. The number of nitriles is 1. The average molecular weight is 498 g/mol. The van der Waals surface area contributed by atoms with Crippen molar-refractivity contribution in [3.05, 3.63) is 94.1 Å². The number of rotatable bonds is 9. The molecule has 35 heavy (non-hydrogen) atoms. The van der Waals surface area contributed by atoms with Crippen molar-refractivity contribution in [1.29, 1.82) is 5.26 Å². The van der Waals surface area contributed by atoms with Gasteiger partial charge in [-0.3, -0.25) is 4.79 Å². The molecule has 2 atom stereocenters. The van der Waals surface area contributed by atoms with Crippen LogP contribution in [0.5, 0.6) is 5.88 Å². The molecule has 0 saturated heterocycles. The van der Waals surface area contributed by atoms with Crippen molar-refractivity contribution >= 4 is 17.5 Å². The largest absolute Gasteiger partial charge is 0.462 e. The molecule has 2 aromatic carbocycles. The predicted octanol–water partition coefficient (Wildman–Crippen LogP) is 6.23. The fourth-order valence-corrected chi connectivity index (χ4v) is 3.79. The van der Waals surface area contributed by atoms with Crippen LogP contribution in [0, 0.1) is 11.3 Å². The molecule has 0 bridgehead atoms. The summed E-state index contributed by atoms with van der Waals surface area (Å²) in [5.41, 5.74) is 0.936. The zero-order valence-electron chi connectivity index (χ0n) is 19.6.